The Labute approximate surface area is 259 Å². The molecule has 8 N–H and O–H groups in total. The molecule has 15 nitrogen and oxygen atoms in total. The highest BCUT2D eigenvalue weighted by Gasteiger charge is 2.62. The summed E-state index contributed by atoms with van der Waals surface area (Å²) in [6, 6.07) is 7.25. The first-order valence-corrected chi connectivity index (χ1v) is 14.0. The molecule has 0 radical (unpaired) electrons. The lowest BCUT2D eigenvalue weighted by atomic mass is 9.75. The second-order valence-corrected chi connectivity index (χ2v) is 11.4. The van der Waals surface area contributed by atoms with Crippen molar-refractivity contribution in [3.8, 4) is 23.0 Å². The Hall–Kier alpha value is -4.96. The number of carbonyl (C=O) groups is 4. The third-order valence-electron chi connectivity index (χ3n) is 8.41. The van der Waals surface area contributed by atoms with E-state index in [0.29, 0.717) is 0 Å². The van der Waals surface area contributed by atoms with Gasteiger partial charge in [-0.1, -0.05) is 12.1 Å². The molecule has 5 rings (SSSR count). The summed E-state index contributed by atoms with van der Waals surface area (Å²) < 4.78 is 16.8. The van der Waals surface area contributed by atoms with Gasteiger partial charge in [0.1, 0.15) is 23.7 Å². The van der Waals surface area contributed by atoms with Crippen LogP contribution in [0.3, 0.4) is 0 Å². The maximum absolute atomic E-state index is 13.9. The van der Waals surface area contributed by atoms with Gasteiger partial charge >= 0.3 is 17.9 Å². The zero-order chi connectivity index (χ0) is 33.6. The Bertz CT molecular complexity index is 1630. The number of aliphatic hydroxyl groups is 3. The third kappa shape index (κ3) is 5.88. The van der Waals surface area contributed by atoms with Crippen molar-refractivity contribution < 1.29 is 74.2 Å². The fraction of sp³-hybridized carbons (Fsp3) is 0.355. The van der Waals surface area contributed by atoms with E-state index in [1.807, 2.05) is 0 Å². The molecule has 2 bridgehead atoms. The topological polar surface area (TPSA) is 258 Å². The first-order valence-electron chi connectivity index (χ1n) is 14.0. The molecule has 8 atom stereocenters. The van der Waals surface area contributed by atoms with Gasteiger partial charge in [-0.25, -0.2) is 9.59 Å². The molecule has 2 fully saturated rings. The largest absolute Gasteiger partial charge is 0.504 e. The SMILES string of the molecule is O=C(/C=C/c1ccc(O)c(O)c1)O[C@@H]1[C@H](O)C[C@@](O)(C(=O)O)C[C@H]1OC(=O)[C@@H]1[C@@H]2O[C@@](CO)(C=CC2=O)[C@H]1c1ccc(O)c(O)c1. The van der Waals surface area contributed by atoms with Gasteiger partial charge in [0.15, 0.2) is 40.5 Å². The Morgan fingerprint density at radius 1 is 0.957 bits per heavy atom. The lowest BCUT2D eigenvalue weighted by molar-refractivity contribution is -0.208. The molecule has 2 heterocycles. The highest BCUT2D eigenvalue weighted by molar-refractivity contribution is 5.99. The van der Waals surface area contributed by atoms with E-state index in [1.165, 1.54) is 30.4 Å². The molecule has 0 amide bonds. The van der Waals surface area contributed by atoms with Gasteiger partial charge < -0.3 is 55.1 Å². The Kier molecular flexibility index (Phi) is 8.53. The van der Waals surface area contributed by atoms with E-state index in [2.05, 4.69) is 0 Å². The molecule has 0 spiro atoms. The number of aliphatic hydroxyl groups excluding tert-OH is 2. The molecule has 0 aromatic heterocycles. The summed E-state index contributed by atoms with van der Waals surface area (Å²) in [6.45, 7) is -0.727. The normalized spacial score (nSPS) is 31.9. The van der Waals surface area contributed by atoms with Gasteiger partial charge in [-0.05, 0) is 53.6 Å². The molecule has 2 aromatic rings. The maximum Gasteiger partial charge on any atom is 0.335 e. The minimum Gasteiger partial charge on any atom is -0.504 e. The van der Waals surface area contributed by atoms with Gasteiger partial charge in [0, 0.05) is 24.8 Å². The molecule has 1 saturated carbocycles. The van der Waals surface area contributed by atoms with Crippen LogP contribution in [0.5, 0.6) is 23.0 Å². The number of ketones is 1. The Balaban J connectivity index is 1.45. The number of aliphatic carboxylic acids is 1. The number of rotatable bonds is 8. The fourth-order valence-electron chi connectivity index (χ4n) is 6.12. The monoisotopic (exact) mass is 642 g/mol. The van der Waals surface area contributed by atoms with E-state index < -0.39 is 114 Å². The van der Waals surface area contributed by atoms with Crippen LogP contribution in [0.15, 0.2) is 54.6 Å². The average Bonchev–Trinajstić information content (AvgIpc) is 3.29. The second kappa shape index (κ2) is 12.1. The van der Waals surface area contributed by atoms with Gasteiger partial charge in [0.2, 0.25) is 0 Å². The van der Waals surface area contributed by atoms with Crippen LogP contribution in [0.4, 0.5) is 0 Å². The third-order valence-corrected chi connectivity index (χ3v) is 8.41. The number of carboxylic acid groups (broad SMARTS) is 1. The van der Waals surface area contributed by atoms with Crippen LogP contribution in [0.1, 0.15) is 29.9 Å². The molecule has 46 heavy (non-hydrogen) atoms. The van der Waals surface area contributed by atoms with Gasteiger partial charge in [0.05, 0.1) is 12.7 Å². The van der Waals surface area contributed by atoms with Crippen molar-refractivity contribution in [3.63, 3.8) is 0 Å². The summed E-state index contributed by atoms with van der Waals surface area (Å²) in [5.41, 5.74) is -3.83. The summed E-state index contributed by atoms with van der Waals surface area (Å²) in [4.78, 5) is 51.4. The van der Waals surface area contributed by atoms with Crippen LogP contribution in [0, 0.1) is 5.92 Å². The number of ether oxygens (including phenoxy) is 3. The molecule has 15 heteroatoms. The number of hydrogen-bond acceptors (Lipinski definition) is 14. The molecule has 2 aliphatic heterocycles. The second-order valence-electron chi connectivity index (χ2n) is 11.4. The summed E-state index contributed by atoms with van der Waals surface area (Å²) >= 11 is 0. The molecule has 3 aliphatic rings. The average molecular weight is 643 g/mol. The number of aromatic hydroxyl groups is 4. The molecule has 244 valence electrons. The number of benzene rings is 2. The van der Waals surface area contributed by atoms with Gasteiger partial charge in [-0.15, -0.1) is 0 Å². The van der Waals surface area contributed by atoms with Crippen LogP contribution in [-0.2, 0) is 33.4 Å². The van der Waals surface area contributed by atoms with Crippen LogP contribution in [0.2, 0.25) is 0 Å². The highest BCUT2D eigenvalue weighted by atomic mass is 16.6. The van der Waals surface area contributed by atoms with E-state index in [4.69, 9.17) is 14.2 Å². The maximum atomic E-state index is 13.9. The quantitative estimate of drug-likeness (QED) is 0.107. The predicted molar refractivity (Wildman–Crippen MR) is 151 cm³/mol. The number of carbonyl (C=O) groups excluding carboxylic acids is 3. The summed E-state index contributed by atoms with van der Waals surface area (Å²) in [7, 11) is 0. The van der Waals surface area contributed by atoms with Crippen LogP contribution in [0.25, 0.3) is 6.08 Å². The minimum absolute atomic E-state index is 0.159. The smallest absolute Gasteiger partial charge is 0.335 e. The van der Waals surface area contributed by atoms with E-state index >= 15 is 0 Å². The van der Waals surface area contributed by atoms with Crippen LogP contribution < -0.4 is 0 Å². The Morgan fingerprint density at radius 2 is 1.63 bits per heavy atom. The first kappa shape index (κ1) is 32.4. The number of carboxylic acids is 1. The van der Waals surface area contributed by atoms with E-state index in [-0.39, 0.29) is 11.1 Å². The highest BCUT2D eigenvalue weighted by Crippen LogP contribution is 2.52. The van der Waals surface area contributed by atoms with Crippen LogP contribution in [-0.4, -0.2) is 107 Å². The van der Waals surface area contributed by atoms with Crippen molar-refractivity contribution in [2.45, 2.75) is 54.4 Å². The van der Waals surface area contributed by atoms with E-state index in [1.54, 1.807) is 0 Å². The molecule has 1 saturated heterocycles. The first-order chi connectivity index (χ1) is 21.7. The standard InChI is InChI=1S/C31H30O15/c32-13-31-8-7-18(35)27(46-31)24(25(31)15-3-5-17(34)20(37)10-15)28(40)44-22-12-30(43,29(41)42)11-21(38)26(22)45-23(39)6-2-14-1-4-16(33)19(36)9-14/h1-10,21-22,24-27,32-34,36-38,43H,11-13H2,(H,41,42)/b6-2+/t21-,22-,24+,25+,26-,27-,30+,31-/m1/s1. The molecular weight excluding hydrogens is 612 g/mol. The van der Waals surface area contributed by atoms with Gasteiger partial charge in [0.25, 0.3) is 0 Å². The summed E-state index contributed by atoms with van der Waals surface area (Å²) in [5, 5.41) is 80.6. The van der Waals surface area contributed by atoms with Crippen molar-refractivity contribution in [1.82, 2.24) is 0 Å². The van der Waals surface area contributed by atoms with Crippen molar-refractivity contribution in [1.29, 1.82) is 0 Å². The fourth-order valence-corrected chi connectivity index (χ4v) is 6.12. The molecule has 2 aromatic carbocycles. The zero-order valence-corrected chi connectivity index (χ0v) is 23.8. The van der Waals surface area contributed by atoms with Crippen molar-refractivity contribution in [2.24, 2.45) is 5.92 Å². The van der Waals surface area contributed by atoms with Crippen molar-refractivity contribution in [3.05, 3.63) is 65.8 Å². The number of hydrogen-bond donors (Lipinski definition) is 8. The predicted octanol–water partition coefficient (Wildman–Crippen LogP) is -0.0150. The number of fused-ring (bicyclic) bond motifs is 2. The number of esters is 2. The van der Waals surface area contributed by atoms with Crippen molar-refractivity contribution in [2.75, 3.05) is 6.61 Å². The van der Waals surface area contributed by atoms with E-state index in [9.17, 15) is 60.0 Å². The summed E-state index contributed by atoms with van der Waals surface area (Å²) in [5.74, 6) is -9.35. The van der Waals surface area contributed by atoms with Gasteiger partial charge in [-0.2, -0.15) is 0 Å². The van der Waals surface area contributed by atoms with E-state index in [0.717, 1.165) is 30.4 Å². The lowest BCUT2D eigenvalue weighted by Crippen LogP contribution is -2.58. The number of phenolic OH excluding ortho intramolecular Hbond substituents is 4. The molecule has 1 aliphatic carbocycles. The Morgan fingerprint density at radius 3 is 2.26 bits per heavy atom. The minimum atomic E-state index is -2.61. The lowest BCUT2D eigenvalue weighted by Gasteiger charge is -2.41. The van der Waals surface area contributed by atoms with Crippen LogP contribution >= 0.6 is 0 Å². The summed E-state index contributed by atoms with van der Waals surface area (Å²) in [6.07, 6.45) is -4.00. The van der Waals surface area contributed by atoms with Crippen molar-refractivity contribution >= 4 is 29.8 Å². The number of phenols is 4. The molecular formula is C31H30O15. The van der Waals surface area contributed by atoms with Gasteiger partial charge in [-0.3, -0.25) is 9.59 Å². The molecule has 0 unspecified atom stereocenters. The zero-order valence-electron chi connectivity index (χ0n) is 23.8.